The summed E-state index contributed by atoms with van der Waals surface area (Å²) >= 11 is 2.23. The predicted molar refractivity (Wildman–Crippen MR) is 103 cm³/mol. The molecule has 1 aromatic rings. The molecule has 1 aromatic heterocycles. The lowest BCUT2D eigenvalue weighted by Crippen LogP contribution is -2.71. The smallest absolute Gasteiger partial charge is 0.352 e. The van der Waals surface area contributed by atoms with Crippen molar-refractivity contribution < 1.29 is 29.5 Å². The van der Waals surface area contributed by atoms with E-state index in [-0.39, 0.29) is 27.8 Å². The van der Waals surface area contributed by atoms with Gasteiger partial charge in [0.1, 0.15) is 22.8 Å². The van der Waals surface area contributed by atoms with E-state index in [4.69, 9.17) is 16.7 Å². The number of nitrogens with one attached hydrogen (secondary N) is 1. The van der Waals surface area contributed by atoms with Crippen molar-refractivity contribution in [3.63, 3.8) is 0 Å². The van der Waals surface area contributed by atoms with Crippen LogP contribution in [0.4, 0.5) is 5.13 Å². The van der Waals surface area contributed by atoms with Crippen molar-refractivity contribution in [1.82, 2.24) is 15.2 Å². The molecule has 0 radical (unpaired) electrons. The summed E-state index contributed by atoms with van der Waals surface area (Å²) in [6.45, 7) is 0. The second-order valence-corrected chi connectivity index (χ2v) is 7.79. The molecule has 0 saturated carbocycles. The third kappa shape index (κ3) is 3.79. The summed E-state index contributed by atoms with van der Waals surface area (Å²) in [6, 6.07) is -1.03. The van der Waals surface area contributed by atoms with E-state index in [0.29, 0.717) is 0 Å². The van der Waals surface area contributed by atoms with E-state index in [9.17, 15) is 24.3 Å². The number of fused-ring (bicyclic) bond motifs is 1. The van der Waals surface area contributed by atoms with E-state index in [1.165, 1.54) is 23.2 Å². The summed E-state index contributed by atoms with van der Waals surface area (Å²) in [5.74, 6) is -3.46. The number of aliphatic carboxylic acids is 1. The van der Waals surface area contributed by atoms with Crippen molar-refractivity contribution in [2.75, 3.05) is 11.5 Å². The van der Waals surface area contributed by atoms with Crippen LogP contribution in [0.25, 0.3) is 0 Å². The highest BCUT2D eigenvalue weighted by Gasteiger charge is 2.54. The van der Waals surface area contributed by atoms with Gasteiger partial charge in [0.15, 0.2) is 10.8 Å². The zero-order valence-electron chi connectivity index (χ0n) is 14.4. The number of nitrogens with two attached hydrogens (primary N) is 2. The molecule has 3 heterocycles. The minimum Gasteiger partial charge on any atom is -0.477 e. The Morgan fingerprint density at radius 1 is 1.41 bits per heavy atom. The van der Waals surface area contributed by atoms with Crippen LogP contribution in [0.3, 0.4) is 0 Å². The van der Waals surface area contributed by atoms with Gasteiger partial charge in [0.25, 0.3) is 11.8 Å². The molecule has 0 unspecified atom stereocenters. The average Bonchev–Trinajstić information content (AvgIpc) is 3.09. The van der Waals surface area contributed by atoms with Gasteiger partial charge in [-0.25, -0.2) is 9.78 Å². The Labute approximate surface area is 170 Å². The van der Waals surface area contributed by atoms with E-state index in [0.717, 1.165) is 22.3 Å². The monoisotopic (exact) mass is 438 g/mol. The molecular weight excluding hydrogens is 424 g/mol. The van der Waals surface area contributed by atoms with Crippen LogP contribution in [0, 0.1) is 0 Å². The minimum atomic E-state index is -1.35. The van der Waals surface area contributed by atoms with Crippen molar-refractivity contribution in [2.45, 2.75) is 11.4 Å². The first-order valence-corrected chi connectivity index (χ1v) is 9.80. The van der Waals surface area contributed by atoms with Gasteiger partial charge in [-0.1, -0.05) is 11.2 Å². The standard InChI is InChI=1S/C15H14N6O6S2/c16-7(22)2-1-5-3-28-13-9(12(24)21(13)10(5)14(25)26)19-11(23)8(20-27)6-4-29-15(17)18-6/h1-2,4,9,13,27H,3H2,(H2,16,22)(H2,17,18)(H,19,23)(H,25,26)/b2-1+,20-8?/t9-,13-/m1/s1. The van der Waals surface area contributed by atoms with Gasteiger partial charge in [0.05, 0.1) is 0 Å². The molecule has 152 valence electrons. The molecule has 0 aliphatic carbocycles. The van der Waals surface area contributed by atoms with Gasteiger partial charge in [0, 0.05) is 17.2 Å². The number of thiazole rings is 1. The van der Waals surface area contributed by atoms with Crippen LogP contribution >= 0.6 is 23.1 Å². The number of carboxylic acids is 1. The number of hydrogen-bond acceptors (Lipinski definition) is 10. The number of primary amides is 1. The molecule has 2 aliphatic rings. The number of β-lactam (4-membered cyclic amide) rings is 1. The maximum absolute atomic E-state index is 12.5. The molecule has 3 amide bonds. The number of nitrogen functional groups attached to an aromatic ring is 1. The molecule has 2 aliphatic heterocycles. The molecule has 29 heavy (non-hydrogen) atoms. The summed E-state index contributed by atoms with van der Waals surface area (Å²) in [7, 11) is 0. The van der Waals surface area contributed by atoms with Gasteiger partial charge in [-0.3, -0.25) is 19.3 Å². The van der Waals surface area contributed by atoms with Gasteiger partial charge < -0.3 is 27.1 Å². The van der Waals surface area contributed by atoms with E-state index < -0.39 is 40.8 Å². The topological polar surface area (TPSA) is 201 Å². The Morgan fingerprint density at radius 2 is 2.14 bits per heavy atom. The quantitative estimate of drug-likeness (QED) is 0.117. The molecule has 2 atom stereocenters. The predicted octanol–water partition coefficient (Wildman–Crippen LogP) is -1.32. The lowest BCUT2D eigenvalue weighted by Gasteiger charge is -2.49. The number of anilines is 1. The molecule has 1 fully saturated rings. The summed E-state index contributed by atoms with van der Waals surface area (Å²) in [5, 5.41) is 24.9. The van der Waals surface area contributed by atoms with E-state index in [1.807, 2.05) is 0 Å². The molecule has 12 nitrogen and oxygen atoms in total. The Kier molecular flexibility index (Phi) is 5.56. The first kappa shape index (κ1) is 20.3. The zero-order chi connectivity index (χ0) is 21.3. The van der Waals surface area contributed by atoms with Gasteiger partial charge in [-0.2, -0.15) is 0 Å². The number of carbonyl (C=O) groups excluding carboxylic acids is 3. The number of carboxylic acid groups (broad SMARTS) is 1. The first-order chi connectivity index (χ1) is 13.7. The van der Waals surface area contributed by atoms with Gasteiger partial charge in [0.2, 0.25) is 5.91 Å². The van der Waals surface area contributed by atoms with E-state index >= 15 is 0 Å². The van der Waals surface area contributed by atoms with Crippen LogP contribution in [0.2, 0.25) is 0 Å². The highest BCUT2D eigenvalue weighted by molar-refractivity contribution is 8.00. The molecule has 14 heteroatoms. The fourth-order valence-electron chi connectivity index (χ4n) is 2.77. The maximum atomic E-state index is 12.5. The van der Waals surface area contributed by atoms with Crippen molar-refractivity contribution in [2.24, 2.45) is 10.9 Å². The van der Waals surface area contributed by atoms with Crippen LogP contribution in [0.5, 0.6) is 0 Å². The lowest BCUT2D eigenvalue weighted by atomic mass is 10.0. The molecule has 3 rings (SSSR count). The Hall–Kier alpha value is -3.39. The largest absolute Gasteiger partial charge is 0.477 e. The number of thioether (sulfide) groups is 1. The second-order valence-electron chi connectivity index (χ2n) is 5.80. The molecule has 1 saturated heterocycles. The average molecular weight is 438 g/mol. The van der Waals surface area contributed by atoms with Crippen LogP contribution in [-0.2, 0) is 19.2 Å². The van der Waals surface area contributed by atoms with E-state index in [1.54, 1.807) is 0 Å². The third-order valence-corrected chi connectivity index (χ3v) is 5.99. The van der Waals surface area contributed by atoms with Crippen LogP contribution in [0.1, 0.15) is 5.69 Å². The molecule has 0 spiro atoms. The Bertz CT molecular complexity index is 999. The number of allylic oxidation sites excluding steroid dienone is 1. The zero-order valence-corrected chi connectivity index (χ0v) is 16.1. The number of hydrogen-bond donors (Lipinski definition) is 5. The summed E-state index contributed by atoms with van der Waals surface area (Å²) in [4.78, 5) is 52.4. The lowest BCUT2D eigenvalue weighted by molar-refractivity contribution is -0.150. The maximum Gasteiger partial charge on any atom is 0.352 e. The highest BCUT2D eigenvalue weighted by Crippen LogP contribution is 2.40. The second kappa shape index (κ2) is 7.92. The molecule has 7 N–H and O–H groups in total. The summed E-state index contributed by atoms with van der Waals surface area (Å²) in [5.41, 5.74) is 10.1. The Balaban J connectivity index is 1.79. The van der Waals surface area contributed by atoms with Crippen LogP contribution in [0.15, 0.2) is 34.0 Å². The van der Waals surface area contributed by atoms with Gasteiger partial charge in [-0.05, 0) is 5.57 Å². The first-order valence-electron chi connectivity index (χ1n) is 7.87. The van der Waals surface area contributed by atoms with Crippen molar-refractivity contribution in [3.8, 4) is 0 Å². The van der Waals surface area contributed by atoms with Crippen molar-refractivity contribution in [3.05, 3.63) is 34.5 Å². The Morgan fingerprint density at radius 3 is 2.69 bits per heavy atom. The number of rotatable bonds is 6. The van der Waals surface area contributed by atoms with Crippen molar-refractivity contribution in [1.29, 1.82) is 0 Å². The van der Waals surface area contributed by atoms with E-state index in [2.05, 4.69) is 15.5 Å². The number of amides is 3. The molecule has 0 aromatic carbocycles. The summed E-state index contributed by atoms with van der Waals surface area (Å²) < 4.78 is 0. The number of oxime groups is 1. The van der Waals surface area contributed by atoms with Crippen molar-refractivity contribution >= 4 is 57.6 Å². The van der Waals surface area contributed by atoms with Gasteiger partial charge in [-0.15, -0.1) is 23.1 Å². The molecular formula is C15H14N6O6S2. The normalized spacial score (nSPS) is 21.7. The third-order valence-electron chi connectivity index (χ3n) is 4.02. The van der Waals surface area contributed by atoms with Crippen LogP contribution < -0.4 is 16.8 Å². The highest BCUT2D eigenvalue weighted by atomic mass is 32.2. The SMILES string of the molecule is NC(=O)/C=C/C1=C(C(=O)O)N2C(=O)[C@@H](NC(=O)C(=NO)c3csc(N)n3)[C@H]2SC1. The minimum absolute atomic E-state index is 0.0393. The fraction of sp³-hybridized carbons (Fsp3) is 0.200. The number of nitrogens with zero attached hydrogens (tertiary/aromatic N) is 3. The van der Waals surface area contributed by atoms with Gasteiger partial charge >= 0.3 is 5.97 Å². The van der Waals surface area contributed by atoms with Crippen LogP contribution in [-0.4, -0.2) is 66.8 Å². The summed E-state index contributed by atoms with van der Waals surface area (Å²) in [6.07, 6.45) is 2.25. The number of carbonyl (C=O) groups is 4. The number of aromatic nitrogens is 1. The fourth-order valence-corrected chi connectivity index (χ4v) is 4.64. The molecule has 0 bridgehead atoms.